The lowest BCUT2D eigenvalue weighted by molar-refractivity contribution is -0.128. The monoisotopic (exact) mass is 557 g/mol. The number of thiophene rings is 1. The molecule has 0 aliphatic carbocycles. The number of anilines is 1. The van der Waals surface area contributed by atoms with Gasteiger partial charge in [0, 0.05) is 18.7 Å². The highest BCUT2D eigenvalue weighted by Crippen LogP contribution is 2.33. The minimum Gasteiger partial charge on any atom is -0.494 e. The van der Waals surface area contributed by atoms with Gasteiger partial charge in [0.15, 0.2) is 5.17 Å². The predicted octanol–water partition coefficient (Wildman–Crippen LogP) is 5.40. The van der Waals surface area contributed by atoms with Gasteiger partial charge in [0.25, 0.3) is 10.0 Å². The number of nitrogens with one attached hydrogen (secondary N) is 1. The summed E-state index contributed by atoms with van der Waals surface area (Å²) in [6.45, 7) is 4.77. The maximum Gasteiger partial charge on any atom is 0.294 e. The van der Waals surface area contributed by atoms with Gasteiger partial charge in [-0.3, -0.25) is 14.5 Å². The van der Waals surface area contributed by atoms with E-state index in [1.807, 2.05) is 0 Å². The summed E-state index contributed by atoms with van der Waals surface area (Å²) in [4.78, 5) is 26.7. The van der Waals surface area contributed by atoms with E-state index in [1.165, 1.54) is 29.9 Å². The van der Waals surface area contributed by atoms with E-state index in [0.29, 0.717) is 16.6 Å². The third-order valence-electron chi connectivity index (χ3n) is 5.11. The normalized spacial score (nSPS) is 17.2. The van der Waals surface area contributed by atoms with E-state index in [1.54, 1.807) is 31.2 Å². The van der Waals surface area contributed by atoms with Crippen molar-refractivity contribution < 1.29 is 22.7 Å². The van der Waals surface area contributed by atoms with Crippen LogP contribution in [0, 0.1) is 0 Å². The zero-order chi connectivity index (χ0) is 25.4. The van der Waals surface area contributed by atoms with E-state index >= 15 is 0 Å². The van der Waals surface area contributed by atoms with E-state index in [4.69, 9.17) is 16.3 Å². The molecular formula is C23H28ClN3O5S3. The number of rotatable bonds is 12. The molecule has 1 unspecified atom stereocenters. The second kappa shape index (κ2) is 12.8. The molecule has 0 bridgehead atoms. The number of sulfonamides is 1. The average Bonchev–Trinajstić information content (AvgIpc) is 3.38. The number of unbranched alkanes of at least 4 members (excludes halogenated alkanes) is 3. The third-order valence-corrected chi connectivity index (χ3v) is 9.37. The average molecular weight is 558 g/mol. The maximum absolute atomic E-state index is 12.8. The highest BCUT2D eigenvalue weighted by Gasteiger charge is 2.39. The van der Waals surface area contributed by atoms with Gasteiger partial charge in [-0.25, -0.2) is 0 Å². The van der Waals surface area contributed by atoms with Gasteiger partial charge in [0.05, 0.1) is 10.9 Å². The summed E-state index contributed by atoms with van der Waals surface area (Å²) in [5.41, 5.74) is 0.585. The van der Waals surface area contributed by atoms with E-state index in [-0.39, 0.29) is 34.2 Å². The van der Waals surface area contributed by atoms with Crippen molar-refractivity contribution in [2.24, 2.45) is 4.40 Å². The fourth-order valence-corrected chi connectivity index (χ4v) is 7.20. The summed E-state index contributed by atoms with van der Waals surface area (Å²) in [5, 5.41) is 2.07. The molecule has 2 aromatic rings. The lowest BCUT2D eigenvalue weighted by Crippen LogP contribution is -2.33. The van der Waals surface area contributed by atoms with Crippen molar-refractivity contribution in [3.8, 4) is 5.75 Å². The van der Waals surface area contributed by atoms with Gasteiger partial charge < -0.3 is 10.1 Å². The van der Waals surface area contributed by atoms with Crippen LogP contribution in [0.1, 0.15) is 46.0 Å². The molecule has 35 heavy (non-hydrogen) atoms. The molecule has 0 spiro atoms. The van der Waals surface area contributed by atoms with Crippen molar-refractivity contribution in [2.75, 3.05) is 18.5 Å². The number of thioether (sulfide) groups is 1. The number of hydrogen-bond acceptors (Lipinski definition) is 7. The van der Waals surface area contributed by atoms with E-state index in [9.17, 15) is 18.0 Å². The second-order valence-corrected chi connectivity index (χ2v) is 12.5. The van der Waals surface area contributed by atoms with Crippen LogP contribution in [0.2, 0.25) is 4.34 Å². The van der Waals surface area contributed by atoms with Crippen LogP contribution in [0.5, 0.6) is 5.75 Å². The Labute approximate surface area is 219 Å². The van der Waals surface area contributed by atoms with Gasteiger partial charge in [0.1, 0.15) is 15.2 Å². The summed E-state index contributed by atoms with van der Waals surface area (Å²) in [7, 11) is -4.01. The summed E-state index contributed by atoms with van der Waals surface area (Å²) in [5.74, 6) is 0.0283. The van der Waals surface area contributed by atoms with Crippen LogP contribution in [0.15, 0.2) is 45.0 Å². The Morgan fingerprint density at radius 3 is 2.51 bits per heavy atom. The maximum atomic E-state index is 12.8. The summed E-state index contributed by atoms with van der Waals surface area (Å²) < 4.78 is 35.1. The first-order chi connectivity index (χ1) is 16.7. The van der Waals surface area contributed by atoms with E-state index in [0.717, 1.165) is 41.7 Å². The Kier molecular flexibility index (Phi) is 10.0. The Balaban J connectivity index is 1.58. The van der Waals surface area contributed by atoms with Crippen LogP contribution in [0.4, 0.5) is 5.69 Å². The number of amidine groups is 1. The zero-order valence-corrected chi connectivity index (χ0v) is 22.7. The Hall–Kier alpha value is -2.08. The number of carbonyl (C=O) groups excluding carboxylic acids is 2. The number of ether oxygens (including phenoxy) is 1. The summed E-state index contributed by atoms with van der Waals surface area (Å²) in [6, 6.07) is 9.91. The summed E-state index contributed by atoms with van der Waals surface area (Å²) in [6.07, 6.45) is 4.40. The van der Waals surface area contributed by atoms with Crippen molar-refractivity contribution >= 4 is 67.4 Å². The van der Waals surface area contributed by atoms with Crippen molar-refractivity contribution in [1.82, 2.24) is 4.90 Å². The SMILES string of the molecule is CCCCCCOc1ccc(NC(=O)CC2SC(=NS(=O)(=O)c3ccc(Cl)s3)N(CC)C2=O)cc1. The molecule has 1 N–H and O–H groups in total. The van der Waals surface area contributed by atoms with E-state index < -0.39 is 15.3 Å². The van der Waals surface area contributed by atoms with Crippen molar-refractivity contribution in [2.45, 2.75) is 55.4 Å². The topological polar surface area (TPSA) is 105 Å². The second-order valence-electron chi connectivity index (χ2n) is 7.78. The Bertz CT molecular complexity index is 1170. The van der Waals surface area contributed by atoms with Crippen LogP contribution in [0.3, 0.4) is 0 Å². The molecule has 1 aromatic carbocycles. The Morgan fingerprint density at radius 1 is 1.14 bits per heavy atom. The molecule has 1 aromatic heterocycles. The highest BCUT2D eigenvalue weighted by atomic mass is 35.5. The minimum absolute atomic E-state index is 0.00585. The van der Waals surface area contributed by atoms with Gasteiger partial charge in [-0.2, -0.15) is 8.42 Å². The van der Waals surface area contributed by atoms with Crippen LogP contribution in [-0.4, -0.2) is 48.7 Å². The first-order valence-electron chi connectivity index (χ1n) is 11.3. The fourth-order valence-electron chi connectivity index (χ4n) is 3.32. The minimum atomic E-state index is -4.01. The van der Waals surface area contributed by atoms with Crippen LogP contribution < -0.4 is 10.1 Å². The first kappa shape index (κ1) is 27.5. The van der Waals surface area contributed by atoms with Crippen molar-refractivity contribution in [3.63, 3.8) is 0 Å². The number of amides is 2. The largest absolute Gasteiger partial charge is 0.494 e. The van der Waals surface area contributed by atoms with Gasteiger partial charge in [-0.05, 0) is 49.7 Å². The fraction of sp³-hybridized carbons (Fsp3) is 0.435. The number of halogens is 1. The van der Waals surface area contributed by atoms with Crippen LogP contribution >= 0.6 is 34.7 Å². The predicted molar refractivity (Wildman–Crippen MR) is 142 cm³/mol. The van der Waals surface area contributed by atoms with Gasteiger partial charge >= 0.3 is 0 Å². The molecule has 0 radical (unpaired) electrons. The quantitative estimate of drug-likeness (QED) is 0.350. The molecule has 1 saturated heterocycles. The molecule has 190 valence electrons. The van der Waals surface area contributed by atoms with Gasteiger partial charge in [0.2, 0.25) is 11.8 Å². The van der Waals surface area contributed by atoms with Crippen molar-refractivity contribution in [3.05, 3.63) is 40.7 Å². The summed E-state index contributed by atoms with van der Waals surface area (Å²) >= 11 is 7.71. The van der Waals surface area contributed by atoms with Gasteiger partial charge in [-0.15, -0.1) is 15.7 Å². The lowest BCUT2D eigenvalue weighted by atomic mass is 10.2. The third kappa shape index (κ3) is 7.70. The molecule has 1 aliphatic heterocycles. The van der Waals surface area contributed by atoms with Gasteiger partial charge in [-0.1, -0.05) is 49.5 Å². The number of nitrogens with zero attached hydrogens (tertiary/aromatic N) is 2. The lowest BCUT2D eigenvalue weighted by Gasteiger charge is -2.13. The molecule has 8 nitrogen and oxygen atoms in total. The molecule has 0 saturated carbocycles. The molecule has 1 aliphatic rings. The molecule has 1 fully saturated rings. The smallest absolute Gasteiger partial charge is 0.294 e. The molecular weight excluding hydrogens is 530 g/mol. The Morgan fingerprint density at radius 2 is 1.89 bits per heavy atom. The molecule has 3 rings (SSSR count). The first-order valence-corrected chi connectivity index (χ1v) is 14.9. The van der Waals surface area contributed by atoms with Crippen LogP contribution in [0.25, 0.3) is 0 Å². The standard InChI is InChI=1S/C23H28ClN3O5S3/c1-3-5-6-7-14-32-17-10-8-16(9-11-17)25-20(28)15-18-22(29)27(4-2)23(33-18)26-35(30,31)21-13-12-19(24)34-21/h8-13,18H,3-7,14-15H2,1-2H3,(H,25,28). The number of hydrogen-bond donors (Lipinski definition) is 1. The number of benzene rings is 1. The molecule has 2 amide bonds. The zero-order valence-electron chi connectivity index (χ0n) is 19.5. The number of carbonyl (C=O) groups is 2. The van der Waals surface area contributed by atoms with E-state index in [2.05, 4.69) is 16.6 Å². The van der Waals surface area contributed by atoms with Crippen molar-refractivity contribution in [1.29, 1.82) is 0 Å². The highest BCUT2D eigenvalue weighted by molar-refractivity contribution is 8.16. The molecule has 2 heterocycles. The molecule has 12 heteroatoms. The molecule has 1 atom stereocenters. The van der Waals surface area contributed by atoms with Crippen LogP contribution in [-0.2, 0) is 19.6 Å².